The summed E-state index contributed by atoms with van der Waals surface area (Å²) in [4.78, 5) is 31.1. The van der Waals surface area contributed by atoms with Crippen LogP contribution in [0.1, 0.15) is 24.6 Å². The van der Waals surface area contributed by atoms with Crippen molar-refractivity contribution >= 4 is 39.8 Å². The lowest BCUT2D eigenvalue weighted by atomic mass is 10.0. The van der Waals surface area contributed by atoms with E-state index in [1.165, 1.54) is 12.2 Å². The fourth-order valence-electron chi connectivity index (χ4n) is 6.39. The molecule has 44 heavy (non-hydrogen) atoms. The number of ether oxygens (including phenoxy) is 2. The van der Waals surface area contributed by atoms with E-state index in [2.05, 4.69) is 45.9 Å². The smallest absolute Gasteiger partial charge is 0.318 e. The van der Waals surface area contributed by atoms with E-state index >= 15 is 0 Å². The third-order valence-corrected chi connectivity index (χ3v) is 8.93. The van der Waals surface area contributed by atoms with E-state index in [-0.39, 0.29) is 12.0 Å². The molecule has 6 rings (SSSR count). The molecule has 0 unspecified atom stereocenters. The first-order valence-electron chi connectivity index (χ1n) is 15.5. The second kappa shape index (κ2) is 14.1. The average Bonchev–Trinajstić information content (AvgIpc) is 3.05. The number of alkyl halides is 1. The zero-order chi connectivity index (χ0) is 30.5. The van der Waals surface area contributed by atoms with Crippen molar-refractivity contribution in [3.8, 4) is 6.01 Å². The average molecular weight is 623 g/mol. The van der Waals surface area contributed by atoms with Crippen LogP contribution in [0.3, 0.4) is 0 Å². The van der Waals surface area contributed by atoms with Gasteiger partial charge in [0.1, 0.15) is 12.5 Å². The zero-order valence-electron chi connectivity index (χ0n) is 25.3. The van der Waals surface area contributed by atoms with E-state index in [4.69, 9.17) is 31.0 Å². The fourth-order valence-corrected chi connectivity index (χ4v) is 6.67. The van der Waals surface area contributed by atoms with Gasteiger partial charge in [0.15, 0.2) is 0 Å². The molecule has 3 aliphatic rings. The third kappa shape index (κ3) is 6.92. The molecule has 1 atom stereocenters. The standard InChI is InChI=1S/C33H40ClFN6O3/c1-24-22-38(19-21-43-24)13-5-20-44-33-36-28-23-41(29-9-3-7-25-6-2-8-27(34)31(25)29)14-11-26(28)32(37-33)40-17-15-39(16-18-40)30(42)10-4-12-35/h2-4,6-10,24H,5,11-23H2,1H3/b10-4+/t24-/m0/s1. The van der Waals surface area contributed by atoms with Crippen LogP contribution in [0.15, 0.2) is 48.6 Å². The van der Waals surface area contributed by atoms with Gasteiger partial charge in [-0.3, -0.25) is 9.69 Å². The lowest BCUT2D eigenvalue weighted by molar-refractivity contribution is -0.126. The lowest BCUT2D eigenvalue weighted by Crippen LogP contribution is -2.49. The summed E-state index contributed by atoms with van der Waals surface area (Å²) < 4.78 is 24.4. The van der Waals surface area contributed by atoms with Crippen LogP contribution in [0.4, 0.5) is 15.9 Å². The molecule has 0 saturated carbocycles. The molecular weight excluding hydrogens is 583 g/mol. The van der Waals surface area contributed by atoms with E-state index in [0.717, 1.165) is 84.2 Å². The highest BCUT2D eigenvalue weighted by molar-refractivity contribution is 6.36. The van der Waals surface area contributed by atoms with Crippen LogP contribution in [-0.4, -0.2) is 104 Å². The normalized spacial score (nSPS) is 19.5. The predicted molar refractivity (Wildman–Crippen MR) is 172 cm³/mol. The number of hydrogen-bond donors (Lipinski definition) is 0. The van der Waals surface area contributed by atoms with Gasteiger partial charge in [0.2, 0.25) is 5.91 Å². The van der Waals surface area contributed by atoms with E-state index in [1.54, 1.807) is 4.90 Å². The number of fused-ring (bicyclic) bond motifs is 2. The summed E-state index contributed by atoms with van der Waals surface area (Å²) in [7, 11) is 0. The van der Waals surface area contributed by atoms with Gasteiger partial charge in [-0.15, -0.1) is 0 Å². The number of rotatable bonds is 9. The molecule has 3 aromatic rings. The van der Waals surface area contributed by atoms with Crippen molar-refractivity contribution in [3.63, 3.8) is 0 Å². The monoisotopic (exact) mass is 622 g/mol. The summed E-state index contributed by atoms with van der Waals surface area (Å²) in [6.07, 6.45) is 4.48. The topological polar surface area (TPSA) is 74.3 Å². The Labute approximate surface area is 263 Å². The first-order chi connectivity index (χ1) is 21.5. The predicted octanol–water partition coefficient (Wildman–Crippen LogP) is 4.51. The van der Waals surface area contributed by atoms with E-state index < -0.39 is 6.67 Å². The Kier molecular flexibility index (Phi) is 9.79. The van der Waals surface area contributed by atoms with Gasteiger partial charge in [0.25, 0.3) is 0 Å². The lowest BCUT2D eigenvalue weighted by Gasteiger charge is -2.38. The number of carbonyl (C=O) groups excluding carboxylic acids is 1. The Morgan fingerprint density at radius 1 is 1.09 bits per heavy atom. The number of benzene rings is 2. The van der Waals surface area contributed by atoms with Crippen LogP contribution < -0.4 is 14.5 Å². The number of amides is 1. The summed E-state index contributed by atoms with van der Waals surface area (Å²) in [6, 6.07) is 12.7. The summed E-state index contributed by atoms with van der Waals surface area (Å²) in [5.74, 6) is 0.726. The Bertz CT molecular complexity index is 1490. The van der Waals surface area contributed by atoms with Crippen molar-refractivity contribution in [1.29, 1.82) is 0 Å². The highest BCUT2D eigenvalue weighted by atomic mass is 35.5. The van der Waals surface area contributed by atoms with Crippen LogP contribution in [0.25, 0.3) is 10.8 Å². The molecule has 0 aliphatic carbocycles. The van der Waals surface area contributed by atoms with Crippen LogP contribution in [0.2, 0.25) is 5.02 Å². The van der Waals surface area contributed by atoms with Gasteiger partial charge in [-0.2, -0.15) is 9.97 Å². The van der Waals surface area contributed by atoms with Crippen LogP contribution in [0.5, 0.6) is 6.01 Å². The maximum atomic E-state index is 12.5. The highest BCUT2D eigenvalue weighted by Gasteiger charge is 2.29. The van der Waals surface area contributed by atoms with Gasteiger partial charge in [-0.25, -0.2) is 4.39 Å². The molecule has 3 aliphatic heterocycles. The Hall–Kier alpha value is -3.47. The summed E-state index contributed by atoms with van der Waals surface area (Å²) in [5, 5.41) is 2.89. The van der Waals surface area contributed by atoms with Gasteiger partial charge in [-0.05, 0) is 43.4 Å². The number of carbonyl (C=O) groups is 1. The highest BCUT2D eigenvalue weighted by Crippen LogP contribution is 2.37. The molecule has 2 aromatic carbocycles. The zero-order valence-corrected chi connectivity index (χ0v) is 26.0. The number of morpholine rings is 1. The van der Waals surface area contributed by atoms with E-state index in [0.29, 0.717) is 45.3 Å². The Morgan fingerprint density at radius 3 is 2.70 bits per heavy atom. The minimum absolute atomic E-state index is 0.157. The summed E-state index contributed by atoms with van der Waals surface area (Å²) in [6.45, 7) is 9.35. The second-order valence-electron chi connectivity index (χ2n) is 11.6. The molecule has 11 heteroatoms. The minimum atomic E-state index is -0.644. The molecule has 1 amide bonds. The number of allylic oxidation sites excluding steroid dienone is 1. The van der Waals surface area contributed by atoms with Crippen molar-refractivity contribution in [2.75, 3.05) is 82.0 Å². The quantitative estimate of drug-likeness (QED) is 0.255. The fraction of sp³-hybridized carbons (Fsp3) is 0.485. The number of hydrogen-bond acceptors (Lipinski definition) is 8. The van der Waals surface area contributed by atoms with Crippen molar-refractivity contribution in [2.24, 2.45) is 0 Å². The van der Waals surface area contributed by atoms with Gasteiger partial charge in [0.05, 0.1) is 36.6 Å². The van der Waals surface area contributed by atoms with Crippen molar-refractivity contribution in [3.05, 3.63) is 64.8 Å². The first kappa shape index (κ1) is 30.6. The van der Waals surface area contributed by atoms with Crippen molar-refractivity contribution in [1.82, 2.24) is 19.8 Å². The second-order valence-corrected chi connectivity index (χ2v) is 12.0. The molecule has 0 radical (unpaired) electrons. The largest absolute Gasteiger partial charge is 0.463 e. The van der Waals surface area contributed by atoms with Gasteiger partial charge < -0.3 is 24.2 Å². The van der Waals surface area contributed by atoms with Crippen LogP contribution in [-0.2, 0) is 22.5 Å². The van der Waals surface area contributed by atoms with Crippen LogP contribution >= 0.6 is 11.6 Å². The molecule has 9 nitrogen and oxygen atoms in total. The number of anilines is 2. The molecule has 4 heterocycles. The molecular formula is C33H40ClFN6O3. The van der Waals surface area contributed by atoms with E-state index in [9.17, 15) is 9.18 Å². The summed E-state index contributed by atoms with van der Waals surface area (Å²) >= 11 is 6.69. The number of halogens is 2. The summed E-state index contributed by atoms with van der Waals surface area (Å²) in [5.41, 5.74) is 3.17. The maximum Gasteiger partial charge on any atom is 0.318 e. The number of aromatic nitrogens is 2. The first-order valence-corrected chi connectivity index (χ1v) is 15.9. The maximum absolute atomic E-state index is 12.5. The van der Waals surface area contributed by atoms with Crippen LogP contribution in [0, 0.1) is 0 Å². The molecule has 234 valence electrons. The van der Waals surface area contributed by atoms with Gasteiger partial charge in [0, 0.05) is 75.1 Å². The SMILES string of the molecule is C[C@H]1CN(CCCOc2nc3c(c(N4CCN(C(=O)/C=C/CF)CC4)n2)CCN(c2cccc4cccc(Cl)c24)C3)CCO1. The Balaban J connectivity index is 1.22. The molecule has 2 fully saturated rings. The van der Waals surface area contributed by atoms with Gasteiger partial charge >= 0.3 is 6.01 Å². The van der Waals surface area contributed by atoms with E-state index in [1.807, 2.05) is 12.1 Å². The van der Waals surface area contributed by atoms with Crippen molar-refractivity contribution in [2.45, 2.75) is 32.4 Å². The van der Waals surface area contributed by atoms with Gasteiger partial charge in [-0.1, -0.05) is 35.9 Å². The van der Waals surface area contributed by atoms with Crippen molar-refractivity contribution < 1.29 is 18.7 Å². The molecule has 0 bridgehead atoms. The molecule has 0 N–H and O–H groups in total. The number of piperazine rings is 1. The molecule has 0 spiro atoms. The Morgan fingerprint density at radius 2 is 1.91 bits per heavy atom. The molecule has 2 saturated heterocycles. The third-order valence-electron chi connectivity index (χ3n) is 8.61. The molecule has 1 aromatic heterocycles. The minimum Gasteiger partial charge on any atom is -0.463 e. The number of nitrogens with zero attached hydrogens (tertiary/aromatic N) is 6.